The molecule has 0 aliphatic rings. The van der Waals surface area contributed by atoms with Gasteiger partial charge in [-0.25, -0.2) is 8.42 Å². The van der Waals surface area contributed by atoms with Crippen molar-refractivity contribution >= 4 is 27.1 Å². The molecule has 2 aromatic carbocycles. The number of hydrogen-bond donors (Lipinski definition) is 2. The van der Waals surface area contributed by atoms with Crippen LogP contribution < -0.4 is 10.9 Å². The van der Waals surface area contributed by atoms with Gasteiger partial charge in [0.2, 0.25) is 0 Å². The first-order chi connectivity index (χ1) is 12.4. The number of benzene rings is 2. The van der Waals surface area contributed by atoms with E-state index < -0.39 is 38.1 Å². The van der Waals surface area contributed by atoms with E-state index in [1.807, 2.05) is 0 Å². The first-order valence-electron chi connectivity index (χ1n) is 7.11. The van der Waals surface area contributed by atoms with Gasteiger partial charge in [0.1, 0.15) is 5.69 Å². The number of halogens is 3. The minimum absolute atomic E-state index is 0.0695. The van der Waals surface area contributed by atoms with Crippen LogP contribution in [-0.2, 0) is 16.0 Å². The number of nitro groups is 1. The first kappa shape index (κ1) is 20.2. The van der Waals surface area contributed by atoms with Gasteiger partial charge in [0, 0.05) is 17.9 Å². The van der Waals surface area contributed by atoms with Crippen molar-refractivity contribution in [1.29, 1.82) is 0 Å². The van der Waals surface area contributed by atoms with Gasteiger partial charge in [0.05, 0.1) is 15.4 Å². The highest BCUT2D eigenvalue weighted by Crippen LogP contribution is 2.34. The first-order valence-corrected chi connectivity index (χ1v) is 9.01. The van der Waals surface area contributed by atoms with Crippen molar-refractivity contribution in [3.8, 4) is 0 Å². The molecule has 0 aliphatic carbocycles. The number of amides is 1. The third-order valence-electron chi connectivity index (χ3n) is 3.36. The number of nitro benzene ring substituents is 1. The van der Waals surface area contributed by atoms with E-state index in [4.69, 9.17) is 0 Å². The lowest BCUT2D eigenvalue weighted by Crippen LogP contribution is -2.29. The van der Waals surface area contributed by atoms with E-state index in [2.05, 4.69) is 10.9 Å². The number of nitrogens with zero attached hydrogens (tertiary/aromatic N) is 1. The summed E-state index contributed by atoms with van der Waals surface area (Å²) >= 11 is 0. The summed E-state index contributed by atoms with van der Waals surface area (Å²) < 4.78 is 61.0. The van der Waals surface area contributed by atoms with Crippen LogP contribution >= 0.6 is 0 Å². The molecule has 2 rings (SSSR count). The predicted octanol–water partition coefficient (Wildman–Crippen LogP) is 2.77. The summed E-state index contributed by atoms with van der Waals surface area (Å²) in [7, 11) is -3.56. The zero-order chi connectivity index (χ0) is 20.4. The average molecular weight is 403 g/mol. The third kappa shape index (κ3) is 4.94. The second-order valence-electron chi connectivity index (χ2n) is 5.37. The number of carbonyl (C=O) groups excluding carboxylic acids is 1. The van der Waals surface area contributed by atoms with Crippen LogP contribution in [0.4, 0.5) is 24.5 Å². The Bertz CT molecular complexity index is 1010. The van der Waals surface area contributed by atoms with Crippen molar-refractivity contribution in [2.75, 3.05) is 11.7 Å². The normalized spacial score (nSPS) is 11.7. The van der Waals surface area contributed by atoms with Gasteiger partial charge in [-0.1, -0.05) is 6.07 Å². The second kappa shape index (κ2) is 7.23. The van der Waals surface area contributed by atoms with Crippen LogP contribution in [0, 0.1) is 10.1 Å². The molecule has 12 heteroatoms. The van der Waals surface area contributed by atoms with Crippen molar-refractivity contribution in [3.05, 3.63) is 63.7 Å². The fourth-order valence-corrected chi connectivity index (χ4v) is 2.70. The van der Waals surface area contributed by atoms with Gasteiger partial charge in [0.15, 0.2) is 9.84 Å². The molecular formula is C15H12F3N3O5S. The second-order valence-corrected chi connectivity index (χ2v) is 7.38. The molecule has 0 bridgehead atoms. The van der Waals surface area contributed by atoms with E-state index in [1.54, 1.807) is 0 Å². The molecule has 0 fully saturated rings. The van der Waals surface area contributed by atoms with E-state index in [1.165, 1.54) is 18.2 Å². The molecule has 0 heterocycles. The number of nitrogens with one attached hydrogen (secondary N) is 2. The lowest BCUT2D eigenvalue weighted by molar-refractivity contribution is -0.384. The molecule has 2 aromatic rings. The van der Waals surface area contributed by atoms with Crippen LogP contribution in [0.1, 0.15) is 15.9 Å². The maximum atomic E-state index is 12.7. The van der Waals surface area contributed by atoms with Crippen LogP contribution in [0.5, 0.6) is 0 Å². The summed E-state index contributed by atoms with van der Waals surface area (Å²) in [6.07, 6.45) is -3.81. The Morgan fingerprint density at radius 1 is 1.15 bits per heavy atom. The number of sulfone groups is 1. The predicted molar refractivity (Wildman–Crippen MR) is 88.7 cm³/mol. The Labute approximate surface area is 151 Å². The maximum absolute atomic E-state index is 12.7. The summed E-state index contributed by atoms with van der Waals surface area (Å²) in [6, 6.07) is 6.74. The minimum Gasteiger partial charge on any atom is -0.292 e. The Morgan fingerprint density at radius 3 is 2.37 bits per heavy atom. The zero-order valence-electron chi connectivity index (χ0n) is 13.6. The van der Waals surface area contributed by atoms with Gasteiger partial charge < -0.3 is 0 Å². The molecule has 0 saturated carbocycles. The zero-order valence-corrected chi connectivity index (χ0v) is 14.4. The van der Waals surface area contributed by atoms with Crippen molar-refractivity contribution in [2.24, 2.45) is 0 Å². The summed E-state index contributed by atoms with van der Waals surface area (Å²) in [5.74, 6) is -0.838. The molecule has 0 saturated heterocycles. The topological polar surface area (TPSA) is 118 Å². The number of rotatable bonds is 5. The number of alkyl halides is 3. The SMILES string of the molecule is CS(=O)(=O)c1cccc(C(=O)NNc2ccc(C(F)(F)F)cc2[N+](=O)[O-])c1. The summed E-state index contributed by atoms with van der Waals surface area (Å²) in [4.78, 5) is 21.9. The van der Waals surface area contributed by atoms with E-state index in [-0.39, 0.29) is 16.1 Å². The van der Waals surface area contributed by atoms with E-state index in [0.717, 1.165) is 18.4 Å². The van der Waals surface area contributed by atoms with Crippen molar-refractivity contribution in [3.63, 3.8) is 0 Å². The van der Waals surface area contributed by atoms with Crippen molar-refractivity contribution < 1.29 is 31.3 Å². The van der Waals surface area contributed by atoms with Crippen LogP contribution in [0.2, 0.25) is 0 Å². The van der Waals surface area contributed by atoms with Crippen LogP contribution in [0.25, 0.3) is 0 Å². The summed E-state index contributed by atoms with van der Waals surface area (Å²) in [5, 5.41) is 11.0. The molecule has 0 atom stereocenters. The van der Waals surface area contributed by atoms with Crippen LogP contribution in [0.3, 0.4) is 0 Å². The number of hydrogen-bond acceptors (Lipinski definition) is 6. The monoisotopic (exact) mass is 403 g/mol. The molecule has 2 N–H and O–H groups in total. The molecule has 0 spiro atoms. The standard InChI is InChI=1S/C15H12F3N3O5S/c1-27(25,26)11-4-2-3-9(7-11)14(22)20-19-12-6-5-10(15(16,17)18)8-13(12)21(23)24/h2-8,19H,1H3,(H,20,22). The largest absolute Gasteiger partial charge is 0.416 e. The Kier molecular flexibility index (Phi) is 5.40. The molecule has 1 amide bonds. The van der Waals surface area contributed by atoms with Crippen molar-refractivity contribution in [1.82, 2.24) is 5.43 Å². The molecule has 0 radical (unpaired) electrons. The quantitative estimate of drug-likeness (QED) is 0.585. The highest BCUT2D eigenvalue weighted by Gasteiger charge is 2.33. The number of hydrazine groups is 1. The Morgan fingerprint density at radius 2 is 1.81 bits per heavy atom. The lowest BCUT2D eigenvalue weighted by Gasteiger charge is -2.11. The number of anilines is 1. The number of carbonyl (C=O) groups is 1. The van der Waals surface area contributed by atoms with E-state index in [0.29, 0.717) is 12.1 Å². The molecule has 0 aliphatic heterocycles. The summed E-state index contributed by atoms with van der Waals surface area (Å²) in [6.45, 7) is 0. The highest BCUT2D eigenvalue weighted by molar-refractivity contribution is 7.90. The Balaban J connectivity index is 2.24. The molecule has 8 nitrogen and oxygen atoms in total. The van der Waals surface area contributed by atoms with E-state index in [9.17, 15) is 36.5 Å². The molecule has 144 valence electrons. The average Bonchev–Trinajstić information content (AvgIpc) is 2.58. The van der Waals surface area contributed by atoms with E-state index >= 15 is 0 Å². The molecule has 27 heavy (non-hydrogen) atoms. The van der Waals surface area contributed by atoms with Gasteiger partial charge >= 0.3 is 6.18 Å². The summed E-state index contributed by atoms with van der Waals surface area (Å²) in [5.41, 5.74) is 1.70. The highest BCUT2D eigenvalue weighted by atomic mass is 32.2. The van der Waals surface area contributed by atoms with Gasteiger partial charge in [-0.05, 0) is 30.3 Å². The minimum atomic E-state index is -4.77. The molecule has 0 aromatic heterocycles. The van der Waals surface area contributed by atoms with Gasteiger partial charge in [-0.2, -0.15) is 13.2 Å². The van der Waals surface area contributed by atoms with Crippen molar-refractivity contribution in [2.45, 2.75) is 11.1 Å². The van der Waals surface area contributed by atoms with Crippen LogP contribution in [0.15, 0.2) is 47.4 Å². The molecular weight excluding hydrogens is 391 g/mol. The van der Waals surface area contributed by atoms with Gasteiger partial charge in [0.25, 0.3) is 11.6 Å². The fraction of sp³-hybridized carbons (Fsp3) is 0.133. The molecule has 0 unspecified atom stereocenters. The fourth-order valence-electron chi connectivity index (χ4n) is 2.03. The van der Waals surface area contributed by atoms with Gasteiger partial charge in [-0.3, -0.25) is 25.8 Å². The smallest absolute Gasteiger partial charge is 0.292 e. The maximum Gasteiger partial charge on any atom is 0.416 e. The van der Waals surface area contributed by atoms with Crippen LogP contribution in [-0.4, -0.2) is 25.5 Å². The lowest BCUT2D eigenvalue weighted by atomic mass is 10.1. The third-order valence-corrected chi connectivity index (χ3v) is 4.47. The van der Waals surface area contributed by atoms with Gasteiger partial charge in [-0.15, -0.1) is 0 Å². The Hall–Kier alpha value is -3.15.